The number of piperidine rings is 1. The molecule has 2 atom stereocenters. The summed E-state index contributed by atoms with van der Waals surface area (Å²) >= 11 is 0. The van der Waals surface area contributed by atoms with Gasteiger partial charge >= 0.3 is 5.97 Å². The van der Waals surface area contributed by atoms with Crippen LogP contribution in [0.25, 0.3) is 0 Å². The van der Waals surface area contributed by atoms with Gasteiger partial charge < -0.3 is 10.1 Å². The third kappa shape index (κ3) is 6.25. The molecule has 0 amide bonds. The Hall–Kier alpha value is -0.570. The van der Waals surface area contributed by atoms with Crippen molar-refractivity contribution in [2.75, 3.05) is 19.7 Å². The minimum absolute atomic E-state index is 0.0807. The number of nitrogens with one attached hydrogen (secondary N) is 1. The monoisotopic (exact) mass is 365 g/mol. The summed E-state index contributed by atoms with van der Waals surface area (Å²) in [5.41, 5.74) is 0.405. The van der Waals surface area contributed by atoms with Crippen LogP contribution in [0.4, 0.5) is 0 Å². The van der Waals surface area contributed by atoms with Crippen LogP contribution in [0.15, 0.2) is 0 Å². The lowest BCUT2D eigenvalue weighted by atomic mass is 9.58. The molecule has 1 saturated carbocycles. The molecule has 2 unspecified atom stereocenters. The Bertz CT molecular complexity index is 381. The highest BCUT2D eigenvalue weighted by Gasteiger charge is 2.46. The molecule has 0 bridgehead atoms. The van der Waals surface area contributed by atoms with Gasteiger partial charge in [0.05, 0.1) is 12.5 Å². The Balaban J connectivity index is 1.93. The molecule has 0 aromatic rings. The standard InChI is InChI=1S/C23H43NO2/c1-3-5-6-7-8-9-11-14-20(22(25)26-4-2)21-19-24-18-17-23(21)15-12-10-13-16-23/h20-21,24H,3-19H2,1-2H3. The summed E-state index contributed by atoms with van der Waals surface area (Å²) < 4.78 is 5.53. The minimum Gasteiger partial charge on any atom is -0.466 e. The largest absolute Gasteiger partial charge is 0.466 e. The van der Waals surface area contributed by atoms with Crippen molar-refractivity contribution < 1.29 is 9.53 Å². The number of hydrogen-bond acceptors (Lipinski definition) is 3. The van der Waals surface area contributed by atoms with E-state index >= 15 is 0 Å². The molecule has 2 rings (SSSR count). The van der Waals surface area contributed by atoms with E-state index in [1.54, 1.807) is 0 Å². The topological polar surface area (TPSA) is 38.3 Å². The quantitative estimate of drug-likeness (QED) is 0.368. The minimum atomic E-state index is 0.0807. The summed E-state index contributed by atoms with van der Waals surface area (Å²) in [7, 11) is 0. The fourth-order valence-corrected chi connectivity index (χ4v) is 5.50. The van der Waals surface area contributed by atoms with E-state index in [-0.39, 0.29) is 11.9 Å². The molecule has 26 heavy (non-hydrogen) atoms. The van der Waals surface area contributed by atoms with Crippen LogP contribution in [0.1, 0.15) is 104 Å². The van der Waals surface area contributed by atoms with Gasteiger partial charge in [-0.3, -0.25) is 4.79 Å². The van der Waals surface area contributed by atoms with Gasteiger partial charge in [-0.1, -0.05) is 71.1 Å². The average molecular weight is 366 g/mol. The number of carbonyl (C=O) groups excluding carboxylic acids is 1. The van der Waals surface area contributed by atoms with Crippen molar-refractivity contribution in [2.45, 2.75) is 104 Å². The smallest absolute Gasteiger partial charge is 0.309 e. The third-order valence-electron chi connectivity index (χ3n) is 6.99. The van der Waals surface area contributed by atoms with Gasteiger partial charge in [0.25, 0.3) is 0 Å². The van der Waals surface area contributed by atoms with Crippen molar-refractivity contribution in [3.05, 3.63) is 0 Å². The van der Waals surface area contributed by atoms with E-state index < -0.39 is 0 Å². The number of rotatable bonds is 11. The van der Waals surface area contributed by atoms with Gasteiger partial charge in [-0.25, -0.2) is 0 Å². The predicted octanol–water partition coefficient (Wildman–Crippen LogP) is 5.87. The molecule has 1 spiro atoms. The molecule has 2 aliphatic rings. The van der Waals surface area contributed by atoms with Gasteiger partial charge in [-0.2, -0.15) is 0 Å². The van der Waals surface area contributed by atoms with Crippen molar-refractivity contribution in [1.82, 2.24) is 5.32 Å². The summed E-state index contributed by atoms with van der Waals surface area (Å²) in [4.78, 5) is 12.8. The summed E-state index contributed by atoms with van der Waals surface area (Å²) in [6.07, 6.45) is 18.2. The zero-order valence-corrected chi connectivity index (χ0v) is 17.5. The van der Waals surface area contributed by atoms with E-state index in [0.29, 0.717) is 17.9 Å². The van der Waals surface area contributed by atoms with Crippen molar-refractivity contribution in [2.24, 2.45) is 17.3 Å². The highest BCUT2D eigenvalue weighted by Crippen LogP contribution is 2.50. The molecule has 1 heterocycles. The van der Waals surface area contributed by atoms with Crippen LogP contribution in [0.5, 0.6) is 0 Å². The molecule has 0 aromatic carbocycles. The average Bonchev–Trinajstić information content (AvgIpc) is 2.66. The molecule has 3 nitrogen and oxygen atoms in total. The Morgan fingerprint density at radius 2 is 1.69 bits per heavy atom. The number of ether oxygens (including phenoxy) is 1. The summed E-state index contributed by atoms with van der Waals surface area (Å²) in [5.74, 6) is 0.671. The van der Waals surface area contributed by atoms with E-state index in [4.69, 9.17) is 4.74 Å². The highest BCUT2D eigenvalue weighted by molar-refractivity contribution is 5.73. The molecule has 1 N–H and O–H groups in total. The van der Waals surface area contributed by atoms with Crippen molar-refractivity contribution in [1.29, 1.82) is 0 Å². The van der Waals surface area contributed by atoms with Gasteiger partial charge in [0.15, 0.2) is 0 Å². The molecule has 3 heteroatoms. The lowest BCUT2D eigenvalue weighted by Crippen LogP contribution is -2.51. The van der Waals surface area contributed by atoms with Gasteiger partial charge in [0.2, 0.25) is 0 Å². The van der Waals surface area contributed by atoms with Crippen LogP contribution in [0.3, 0.4) is 0 Å². The maximum atomic E-state index is 12.8. The number of esters is 1. The molecular formula is C23H43NO2. The molecule has 1 aliphatic carbocycles. The van der Waals surface area contributed by atoms with Gasteiger partial charge in [0, 0.05) is 0 Å². The first-order valence-electron chi connectivity index (χ1n) is 11.6. The molecule has 0 aromatic heterocycles. The normalized spacial score (nSPS) is 23.7. The van der Waals surface area contributed by atoms with Crippen molar-refractivity contribution in [3.63, 3.8) is 0 Å². The lowest BCUT2D eigenvalue weighted by Gasteiger charge is -2.49. The molecule has 1 aliphatic heterocycles. The van der Waals surface area contributed by atoms with Gasteiger partial charge in [0.1, 0.15) is 0 Å². The summed E-state index contributed by atoms with van der Waals surface area (Å²) in [5, 5.41) is 3.60. The number of hydrogen-bond donors (Lipinski definition) is 1. The van der Waals surface area contributed by atoms with E-state index in [0.717, 1.165) is 19.5 Å². The first kappa shape index (κ1) is 21.7. The lowest BCUT2D eigenvalue weighted by molar-refractivity contribution is -0.154. The van der Waals surface area contributed by atoms with Crippen molar-refractivity contribution >= 4 is 5.97 Å². The molecule has 2 fully saturated rings. The van der Waals surface area contributed by atoms with Gasteiger partial charge in [-0.05, 0) is 57.0 Å². The van der Waals surface area contributed by atoms with Crippen molar-refractivity contribution in [3.8, 4) is 0 Å². The van der Waals surface area contributed by atoms with Gasteiger partial charge in [-0.15, -0.1) is 0 Å². The van der Waals surface area contributed by atoms with E-state index in [1.165, 1.54) is 83.5 Å². The van der Waals surface area contributed by atoms with E-state index in [2.05, 4.69) is 12.2 Å². The second kappa shape index (κ2) is 12.0. The van der Waals surface area contributed by atoms with Crippen LogP contribution < -0.4 is 5.32 Å². The molecule has 152 valence electrons. The fourth-order valence-electron chi connectivity index (χ4n) is 5.50. The van der Waals surface area contributed by atoms with Crippen LogP contribution in [0, 0.1) is 17.3 Å². The first-order chi connectivity index (χ1) is 12.7. The Morgan fingerprint density at radius 3 is 2.38 bits per heavy atom. The second-order valence-electron chi connectivity index (χ2n) is 8.75. The second-order valence-corrected chi connectivity index (χ2v) is 8.75. The van der Waals surface area contributed by atoms with E-state index in [1.807, 2.05) is 6.92 Å². The van der Waals surface area contributed by atoms with E-state index in [9.17, 15) is 4.79 Å². The zero-order chi connectivity index (χ0) is 18.7. The number of carbonyl (C=O) groups is 1. The highest BCUT2D eigenvalue weighted by atomic mass is 16.5. The third-order valence-corrected chi connectivity index (χ3v) is 6.99. The van der Waals surface area contributed by atoms with Crippen LogP contribution in [0.2, 0.25) is 0 Å². The maximum Gasteiger partial charge on any atom is 0.309 e. The predicted molar refractivity (Wildman–Crippen MR) is 109 cm³/mol. The molecular weight excluding hydrogens is 322 g/mol. The maximum absolute atomic E-state index is 12.8. The number of unbranched alkanes of at least 4 members (excludes halogenated alkanes) is 6. The zero-order valence-electron chi connectivity index (χ0n) is 17.5. The SMILES string of the molecule is CCCCCCCCCC(C(=O)OCC)C1CNCCC12CCCCC2. The first-order valence-corrected chi connectivity index (χ1v) is 11.6. The van der Waals surface area contributed by atoms with Crippen LogP contribution in [-0.4, -0.2) is 25.7 Å². The van der Waals surface area contributed by atoms with Crippen LogP contribution >= 0.6 is 0 Å². The fraction of sp³-hybridized carbons (Fsp3) is 0.957. The van der Waals surface area contributed by atoms with Crippen LogP contribution in [-0.2, 0) is 9.53 Å². The Labute approximate surface area is 162 Å². The Morgan fingerprint density at radius 1 is 1.00 bits per heavy atom. The molecule has 0 radical (unpaired) electrons. The molecule has 1 saturated heterocycles. The summed E-state index contributed by atoms with van der Waals surface area (Å²) in [6.45, 7) is 6.87. The Kier molecular flexibility index (Phi) is 10.0. The summed E-state index contributed by atoms with van der Waals surface area (Å²) in [6, 6.07) is 0.